The van der Waals surface area contributed by atoms with Crippen LogP contribution >= 0.6 is 0 Å². The molecule has 0 spiro atoms. The van der Waals surface area contributed by atoms with Crippen molar-refractivity contribution in [1.29, 1.82) is 0 Å². The van der Waals surface area contributed by atoms with Gasteiger partial charge >= 0.3 is 11.9 Å². The van der Waals surface area contributed by atoms with Crippen LogP contribution in [0, 0.1) is 5.92 Å². The molecule has 1 saturated carbocycles. The van der Waals surface area contributed by atoms with E-state index in [1.54, 1.807) is 18.2 Å². The second-order valence-corrected chi connectivity index (χ2v) is 6.69. The Kier molecular flexibility index (Phi) is 6.95. The number of ether oxygens (including phenoxy) is 2. The van der Waals surface area contributed by atoms with Crippen LogP contribution in [0.5, 0.6) is 11.5 Å². The lowest BCUT2D eigenvalue weighted by Crippen LogP contribution is -2.36. The fourth-order valence-electron chi connectivity index (χ4n) is 2.93. The van der Waals surface area contributed by atoms with E-state index < -0.39 is 11.9 Å². The number of hydrogen-bond acceptors (Lipinski definition) is 5. The van der Waals surface area contributed by atoms with Gasteiger partial charge in [0.1, 0.15) is 0 Å². The first-order valence-corrected chi connectivity index (χ1v) is 8.83. The molecule has 140 valence electrons. The van der Waals surface area contributed by atoms with Crippen molar-refractivity contribution in [3.63, 3.8) is 0 Å². The summed E-state index contributed by atoms with van der Waals surface area (Å²) in [6.07, 6.45) is 7.38. The quantitative estimate of drug-likeness (QED) is 0.496. The molecule has 6 heteroatoms. The number of benzene rings is 1. The van der Waals surface area contributed by atoms with E-state index >= 15 is 0 Å². The zero-order valence-corrected chi connectivity index (χ0v) is 15.4. The van der Waals surface area contributed by atoms with E-state index in [1.165, 1.54) is 26.0 Å². The van der Waals surface area contributed by atoms with E-state index in [0.29, 0.717) is 5.56 Å². The summed E-state index contributed by atoms with van der Waals surface area (Å²) in [6.45, 7) is 4.76. The van der Waals surface area contributed by atoms with Crippen molar-refractivity contribution in [2.75, 3.05) is 0 Å². The molecule has 6 nitrogen and oxygen atoms in total. The third-order valence-corrected chi connectivity index (χ3v) is 4.26. The van der Waals surface area contributed by atoms with Crippen LogP contribution in [0.1, 0.15) is 52.0 Å². The third kappa shape index (κ3) is 6.35. The Morgan fingerprint density at radius 3 is 2.23 bits per heavy atom. The number of carbonyl (C=O) groups excluding carboxylic acids is 3. The number of carbonyl (C=O) groups is 3. The van der Waals surface area contributed by atoms with Gasteiger partial charge < -0.3 is 14.8 Å². The second kappa shape index (κ2) is 9.17. The summed E-state index contributed by atoms with van der Waals surface area (Å²) in [5, 5.41) is 3.01. The maximum Gasteiger partial charge on any atom is 0.308 e. The van der Waals surface area contributed by atoms with Crippen molar-refractivity contribution in [1.82, 2.24) is 5.32 Å². The molecular weight excluding hydrogens is 334 g/mol. The van der Waals surface area contributed by atoms with E-state index in [1.807, 2.05) is 0 Å². The van der Waals surface area contributed by atoms with Crippen molar-refractivity contribution in [3.05, 3.63) is 29.8 Å². The molecule has 1 fully saturated rings. The van der Waals surface area contributed by atoms with Crippen LogP contribution in [0.25, 0.3) is 6.08 Å². The van der Waals surface area contributed by atoms with Gasteiger partial charge in [0.15, 0.2) is 11.5 Å². The highest BCUT2D eigenvalue weighted by molar-refractivity contribution is 5.92. The van der Waals surface area contributed by atoms with Gasteiger partial charge in [0.05, 0.1) is 0 Å². The Morgan fingerprint density at radius 1 is 1.00 bits per heavy atom. The van der Waals surface area contributed by atoms with E-state index in [0.717, 1.165) is 31.6 Å². The van der Waals surface area contributed by atoms with Gasteiger partial charge in [-0.2, -0.15) is 0 Å². The summed E-state index contributed by atoms with van der Waals surface area (Å²) in [7, 11) is 0. The molecule has 1 aromatic carbocycles. The van der Waals surface area contributed by atoms with Crippen molar-refractivity contribution >= 4 is 23.9 Å². The van der Waals surface area contributed by atoms with E-state index in [9.17, 15) is 14.4 Å². The number of rotatable bonds is 5. The molecule has 0 atom stereocenters. The number of hydrogen-bond donors (Lipinski definition) is 1. The van der Waals surface area contributed by atoms with Crippen LogP contribution in [0.3, 0.4) is 0 Å². The Morgan fingerprint density at radius 2 is 1.62 bits per heavy atom. The zero-order chi connectivity index (χ0) is 19.1. The van der Waals surface area contributed by atoms with Gasteiger partial charge in [0.2, 0.25) is 5.91 Å². The first-order chi connectivity index (χ1) is 12.3. The molecule has 0 aliphatic heterocycles. The zero-order valence-electron chi connectivity index (χ0n) is 15.4. The minimum absolute atomic E-state index is 0.136. The highest BCUT2D eigenvalue weighted by Gasteiger charge is 2.18. The summed E-state index contributed by atoms with van der Waals surface area (Å²) in [5.74, 6) is -0.161. The van der Waals surface area contributed by atoms with Crippen LogP contribution < -0.4 is 14.8 Å². The summed E-state index contributed by atoms with van der Waals surface area (Å²) >= 11 is 0. The SMILES string of the molecule is CC(=O)Oc1ccc(C=CC(=O)N[C@H]2CC[C@H](C)CC2)cc1OC(C)=O. The maximum absolute atomic E-state index is 12.1. The third-order valence-electron chi connectivity index (χ3n) is 4.26. The predicted octanol–water partition coefficient (Wildman–Crippen LogP) is 3.25. The molecule has 2 rings (SSSR count). The molecule has 0 bridgehead atoms. The smallest absolute Gasteiger partial charge is 0.308 e. The van der Waals surface area contributed by atoms with Gasteiger partial charge in [-0.05, 0) is 55.4 Å². The summed E-state index contributed by atoms with van der Waals surface area (Å²) in [6, 6.07) is 4.98. The molecule has 0 unspecified atom stereocenters. The minimum atomic E-state index is -0.524. The average Bonchev–Trinajstić information content (AvgIpc) is 2.56. The van der Waals surface area contributed by atoms with E-state index in [2.05, 4.69) is 12.2 Å². The molecule has 0 radical (unpaired) electrons. The highest BCUT2D eigenvalue weighted by atomic mass is 16.6. The largest absolute Gasteiger partial charge is 0.423 e. The predicted molar refractivity (Wildman–Crippen MR) is 97.7 cm³/mol. The molecule has 1 aliphatic rings. The first kappa shape index (κ1) is 19.7. The molecule has 1 aliphatic carbocycles. The van der Waals surface area contributed by atoms with Crippen molar-refractivity contribution in [2.24, 2.45) is 5.92 Å². The van der Waals surface area contributed by atoms with E-state index in [-0.39, 0.29) is 23.4 Å². The van der Waals surface area contributed by atoms with Crippen molar-refractivity contribution < 1.29 is 23.9 Å². The molecule has 0 saturated heterocycles. The monoisotopic (exact) mass is 359 g/mol. The maximum atomic E-state index is 12.1. The van der Waals surface area contributed by atoms with Gasteiger partial charge in [-0.3, -0.25) is 14.4 Å². The standard InChI is InChI=1S/C20H25NO5/c1-13-4-8-17(9-5-13)21-20(24)11-7-16-6-10-18(25-14(2)22)19(12-16)26-15(3)23/h6-7,10-13,17H,4-5,8-9H2,1-3H3,(H,21,24)/t13-,17-. The lowest BCUT2D eigenvalue weighted by atomic mass is 9.87. The summed E-state index contributed by atoms with van der Waals surface area (Å²) < 4.78 is 10.1. The molecule has 0 aromatic heterocycles. The van der Waals surface area contributed by atoms with Gasteiger partial charge in [0.25, 0.3) is 0 Å². The van der Waals surface area contributed by atoms with Gasteiger partial charge in [0, 0.05) is 26.0 Å². The van der Waals surface area contributed by atoms with Crippen LogP contribution in [0.4, 0.5) is 0 Å². The molecule has 1 N–H and O–H groups in total. The lowest BCUT2D eigenvalue weighted by Gasteiger charge is -2.26. The Balaban J connectivity index is 2.03. The van der Waals surface area contributed by atoms with Crippen molar-refractivity contribution in [3.8, 4) is 11.5 Å². The highest BCUT2D eigenvalue weighted by Crippen LogP contribution is 2.29. The summed E-state index contributed by atoms with van der Waals surface area (Å²) in [5.41, 5.74) is 0.657. The lowest BCUT2D eigenvalue weighted by molar-refractivity contribution is -0.134. The van der Waals surface area contributed by atoms with Crippen LogP contribution in [0.2, 0.25) is 0 Å². The minimum Gasteiger partial charge on any atom is -0.423 e. The van der Waals surface area contributed by atoms with Crippen molar-refractivity contribution in [2.45, 2.75) is 52.5 Å². The Labute approximate surface area is 153 Å². The van der Waals surface area contributed by atoms with Crippen LogP contribution in [-0.2, 0) is 14.4 Å². The fraction of sp³-hybridized carbons (Fsp3) is 0.450. The van der Waals surface area contributed by atoms with E-state index in [4.69, 9.17) is 9.47 Å². The molecule has 26 heavy (non-hydrogen) atoms. The average molecular weight is 359 g/mol. The van der Waals surface area contributed by atoms with Crippen LogP contribution in [0.15, 0.2) is 24.3 Å². The number of nitrogens with one attached hydrogen (secondary N) is 1. The second-order valence-electron chi connectivity index (χ2n) is 6.69. The number of amides is 1. The normalized spacial score (nSPS) is 19.8. The Hall–Kier alpha value is -2.63. The van der Waals surface area contributed by atoms with Crippen LogP contribution in [-0.4, -0.2) is 23.9 Å². The fourth-order valence-corrected chi connectivity index (χ4v) is 2.93. The molecular formula is C20H25NO5. The molecule has 0 heterocycles. The Bertz CT molecular complexity index is 702. The number of esters is 2. The summed E-state index contributed by atoms with van der Waals surface area (Å²) in [4.78, 5) is 34.4. The van der Waals surface area contributed by atoms with Gasteiger partial charge in [-0.25, -0.2) is 0 Å². The van der Waals surface area contributed by atoms with Gasteiger partial charge in [-0.1, -0.05) is 13.0 Å². The molecule has 1 aromatic rings. The first-order valence-electron chi connectivity index (χ1n) is 8.83. The molecule has 1 amide bonds. The van der Waals surface area contributed by atoms with Gasteiger partial charge in [-0.15, -0.1) is 0 Å². The topological polar surface area (TPSA) is 81.7 Å².